The summed E-state index contributed by atoms with van der Waals surface area (Å²) < 4.78 is 0. The molecule has 2 saturated heterocycles. The maximum Gasteiger partial charge on any atom is 0.179 e. The number of likely N-dealkylation sites (N-methyl/N-ethyl adjacent to an activating group) is 1. The number of aromatic nitrogens is 1. The van der Waals surface area contributed by atoms with E-state index in [-0.39, 0.29) is 6.04 Å². The van der Waals surface area contributed by atoms with Gasteiger partial charge in [-0.15, -0.1) is 0 Å². The van der Waals surface area contributed by atoms with Crippen LogP contribution in [0.15, 0.2) is 63.9 Å². The molecule has 4 aliphatic heterocycles. The van der Waals surface area contributed by atoms with Crippen molar-refractivity contribution in [2.45, 2.75) is 56.4 Å². The molecular weight excluding hydrogens is 456 g/mol. The van der Waals surface area contributed by atoms with Crippen molar-refractivity contribution in [3.63, 3.8) is 0 Å². The zero-order valence-corrected chi connectivity index (χ0v) is 21.1. The lowest BCUT2D eigenvalue weighted by molar-refractivity contribution is 0.374. The fourth-order valence-electron chi connectivity index (χ4n) is 5.51. The normalized spacial score (nSPS) is 27.9. The first-order chi connectivity index (χ1) is 17.2. The highest BCUT2D eigenvalue weighted by Crippen LogP contribution is 2.35. The van der Waals surface area contributed by atoms with E-state index in [2.05, 4.69) is 62.3 Å². The molecule has 1 aromatic rings. The summed E-state index contributed by atoms with van der Waals surface area (Å²) in [5.41, 5.74) is 10.9. The van der Waals surface area contributed by atoms with Gasteiger partial charge >= 0.3 is 0 Å². The van der Waals surface area contributed by atoms with Crippen molar-refractivity contribution in [1.29, 1.82) is 0 Å². The zero-order chi connectivity index (χ0) is 23.6. The minimum absolute atomic E-state index is 0.0371. The van der Waals surface area contributed by atoms with E-state index in [1.54, 1.807) is 0 Å². The monoisotopic (exact) mass is 490 g/mol. The van der Waals surface area contributed by atoms with Crippen molar-refractivity contribution in [2.75, 3.05) is 30.4 Å². The molecule has 1 aromatic heterocycles. The number of allylic oxidation sites excluding steroid dienone is 3. The number of fused-ring (bicyclic) bond motifs is 1. The summed E-state index contributed by atoms with van der Waals surface area (Å²) in [7, 11) is 2.09. The molecule has 0 aromatic carbocycles. The van der Waals surface area contributed by atoms with Crippen LogP contribution in [0.1, 0.15) is 44.9 Å². The van der Waals surface area contributed by atoms with Gasteiger partial charge in [0.1, 0.15) is 5.82 Å². The summed E-state index contributed by atoms with van der Waals surface area (Å²) in [4.78, 5) is 18.8. The van der Waals surface area contributed by atoms with Gasteiger partial charge in [-0.25, -0.2) is 10.4 Å². The lowest BCUT2D eigenvalue weighted by Crippen LogP contribution is -2.36. The average Bonchev–Trinajstić information content (AvgIpc) is 3.59. The molecule has 5 heterocycles. The van der Waals surface area contributed by atoms with E-state index in [9.17, 15) is 0 Å². The molecule has 0 radical (unpaired) electrons. The molecule has 0 spiro atoms. The van der Waals surface area contributed by atoms with Gasteiger partial charge < -0.3 is 15.1 Å². The molecule has 1 aliphatic carbocycles. The summed E-state index contributed by atoms with van der Waals surface area (Å²) >= 11 is 1.82. The molecule has 3 fully saturated rings. The molecule has 184 valence electrons. The Kier molecular flexibility index (Phi) is 6.52. The molecule has 6 rings (SSSR count). The largest absolute Gasteiger partial charge is 0.370 e. The number of nitrogens with one attached hydrogen (secondary N) is 3. The quantitative estimate of drug-likeness (QED) is 0.571. The van der Waals surface area contributed by atoms with Gasteiger partial charge in [0, 0.05) is 20.1 Å². The molecule has 2 unspecified atom stereocenters. The molecule has 3 N–H and O–H groups in total. The number of thioether (sulfide) groups is 1. The molecule has 0 bridgehead atoms. The Bertz CT molecular complexity index is 1090. The second-order valence-corrected chi connectivity index (χ2v) is 11.1. The summed E-state index contributed by atoms with van der Waals surface area (Å²) in [6.07, 6.45) is 21.2. The van der Waals surface area contributed by atoms with Crippen LogP contribution >= 0.6 is 11.8 Å². The van der Waals surface area contributed by atoms with E-state index in [1.807, 2.05) is 30.4 Å². The second kappa shape index (κ2) is 10.1. The van der Waals surface area contributed by atoms with Crippen molar-refractivity contribution in [3.8, 4) is 0 Å². The highest BCUT2D eigenvalue weighted by atomic mass is 32.2. The van der Waals surface area contributed by atoms with Gasteiger partial charge in [-0.1, -0.05) is 24.6 Å². The van der Waals surface area contributed by atoms with Gasteiger partial charge in [0.2, 0.25) is 0 Å². The molecular formula is C26H34N8S. The first kappa shape index (κ1) is 22.7. The number of nitrogens with zero attached hydrogens (tertiary/aromatic N) is 5. The number of piperidine rings is 1. The van der Waals surface area contributed by atoms with E-state index in [0.717, 1.165) is 47.1 Å². The Morgan fingerprint density at radius 1 is 1.09 bits per heavy atom. The predicted octanol–water partition coefficient (Wildman–Crippen LogP) is 4.20. The van der Waals surface area contributed by atoms with Crippen LogP contribution in [0, 0.1) is 5.92 Å². The molecule has 2 atom stereocenters. The summed E-state index contributed by atoms with van der Waals surface area (Å²) in [5, 5.41) is 4.89. The Balaban J connectivity index is 1.13. The minimum atomic E-state index is 0.0371. The van der Waals surface area contributed by atoms with Crippen LogP contribution in [0.3, 0.4) is 0 Å². The Morgan fingerprint density at radius 2 is 1.94 bits per heavy atom. The van der Waals surface area contributed by atoms with Gasteiger partial charge in [0.15, 0.2) is 5.17 Å². The number of hydrogen-bond acceptors (Lipinski definition) is 8. The Morgan fingerprint density at radius 3 is 2.80 bits per heavy atom. The van der Waals surface area contributed by atoms with Gasteiger partial charge in [-0.05, 0) is 62.3 Å². The number of pyridine rings is 1. The standard InChI is InChI=1S/C26H34N8S/c1-33-23-14-20(29-19-13-21(17-27-15-19)34-11-5-2-6-12-34)16-28-22(23)9-10-24(33)30-26-32-31-25(35-26)18-7-3-4-8-18/h9-10,13-18,23,25,29,31H,2-8,11-12H2,1H3,(H,30,32). The molecule has 0 amide bonds. The summed E-state index contributed by atoms with van der Waals surface area (Å²) in [6, 6.07) is 2.23. The van der Waals surface area contributed by atoms with E-state index in [0.29, 0.717) is 5.37 Å². The number of rotatable bonds is 5. The number of anilines is 2. The Hall–Kier alpha value is -2.78. The SMILES string of the molecule is CN1C(/N=C2\NNC(C3CCCC3)S2)=CC=C2N=CC(Nc3cncc(N4CCCCC4)c3)=CC21. The van der Waals surface area contributed by atoms with E-state index >= 15 is 0 Å². The van der Waals surface area contributed by atoms with Crippen LogP contribution in [0.25, 0.3) is 0 Å². The van der Waals surface area contributed by atoms with Crippen LogP contribution in [0.2, 0.25) is 0 Å². The molecule has 35 heavy (non-hydrogen) atoms. The number of hydrazine groups is 1. The number of aliphatic imine (C=N–C) groups is 2. The molecule has 8 nitrogen and oxygen atoms in total. The fraction of sp³-hybridized carbons (Fsp3) is 0.500. The fourth-order valence-corrected chi connectivity index (χ4v) is 6.60. The number of amidine groups is 1. The van der Waals surface area contributed by atoms with Crippen LogP contribution in [0.5, 0.6) is 0 Å². The number of dihydropyridines is 1. The van der Waals surface area contributed by atoms with Crippen molar-refractivity contribution in [2.24, 2.45) is 15.9 Å². The highest BCUT2D eigenvalue weighted by Gasteiger charge is 2.32. The topological polar surface area (TPSA) is 80.2 Å². The molecule has 1 saturated carbocycles. The smallest absolute Gasteiger partial charge is 0.179 e. The average molecular weight is 491 g/mol. The lowest BCUT2D eigenvalue weighted by Gasteiger charge is -2.33. The van der Waals surface area contributed by atoms with Gasteiger partial charge in [0.25, 0.3) is 0 Å². The van der Waals surface area contributed by atoms with Crippen molar-refractivity contribution >= 4 is 34.5 Å². The van der Waals surface area contributed by atoms with Crippen molar-refractivity contribution < 1.29 is 0 Å². The summed E-state index contributed by atoms with van der Waals surface area (Å²) in [6.45, 7) is 2.22. The lowest BCUT2D eigenvalue weighted by atomic mass is 10.1. The van der Waals surface area contributed by atoms with Gasteiger partial charge in [0.05, 0.1) is 52.8 Å². The molecule has 5 aliphatic rings. The van der Waals surface area contributed by atoms with Crippen molar-refractivity contribution in [3.05, 3.63) is 53.9 Å². The van der Waals surface area contributed by atoms with Gasteiger partial charge in [-0.3, -0.25) is 15.4 Å². The highest BCUT2D eigenvalue weighted by molar-refractivity contribution is 8.14. The van der Waals surface area contributed by atoms with Crippen molar-refractivity contribution in [1.82, 2.24) is 20.7 Å². The van der Waals surface area contributed by atoms with Crippen LogP contribution in [-0.2, 0) is 0 Å². The maximum absolute atomic E-state index is 4.93. The van der Waals surface area contributed by atoms with E-state index < -0.39 is 0 Å². The van der Waals surface area contributed by atoms with Crippen LogP contribution < -0.4 is 21.1 Å². The first-order valence-corrected chi connectivity index (χ1v) is 13.8. The minimum Gasteiger partial charge on any atom is -0.370 e. The third kappa shape index (κ3) is 4.97. The second-order valence-electron chi connectivity index (χ2n) is 9.93. The zero-order valence-electron chi connectivity index (χ0n) is 20.3. The Labute approximate surface area is 211 Å². The predicted molar refractivity (Wildman–Crippen MR) is 145 cm³/mol. The third-order valence-corrected chi connectivity index (χ3v) is 8.69. The van der Waals surface area contributed by atoms with E-state index in [4.69, 9.17) is 9.98 Å². The summed E-state index contributed by atoms with van der Waals surface area (Å²) in [5.74, 6) is 1.67. The third-order valence-electron chi connectivity index (χ3n) is 7.51. The van der Waals surface area contributed by atoms with E-state index in [1.165, 1.54) is 50.6 Å². The number of hydrogen-bond donors (Lipinski definition) is 3. The van der Waals surface area contributed by atoms with Crippen LogP contribution in [-0.4, -0.2) is 52.8 Å². The van der Waals surface area contributed by atoms with Crippen LogP contribution in [0.4, 0.5) is 11.4 Å². The maximum atomic E-state index is 4.93. The first-order valence-electron chi connectivity index (χ1n) is 12.9. The van der Waals surface area contributed by atoms with Gasteiger partial charge in [-0.2, -0.15) is 0 Å². The molecule has 9 heteroatoms.